The first-order valence-corrected chi connectivity index (χ1v) is 8.38. The molecule has 116 valence electrons. The quantitative estimate of drug-likeness (QED) is 0.745. The molecule has 2 saturated heterocycles. The number of hydrogen-bond donors (Lipinski definition) is 2. The van der Waals surface area contributed by atoms with E-state index < -0.39 is 28.1 Å². The average molecular weight is 306 g/mol. The highest BCUT2D eigenvalue weighted by Crippen LogP contribution is 2.30. The lowest BCUT2D eigenvalue weighted by Gasteiger charge is -2.35. The van der Waals surface area contributed by atoms with Gasteiger partial charge in [0.2, 0.25) is 0 Å². The topological polar surface area (TPSA) is 98.2 Å². The van der Waals surface area contributed by atoms with Crippen LogP contribution in [0.15, 0.2) is 0 Å². The van der Waals surface area contributed by atoms with Crippen molar-refractivity contribution in [2.75, 3.05) is 26.2 Å². The monoisotopic (exact) mass is 306 g/mol. The molecule has 7 nitrogen and oxygen atoms in total. The second-order valence-electron chi connectivity index (χ2n) is 5.67. The van der Waals surface area contributed by atoms with Gasteiger partial charge in [-0.1, -0.05) is 6.92 Å². The van der Waals surface area contributed by atoms with Crippen molar-refractivity contribution in [2.45, 2.75) is 32.2 Å². The van der Waals surface area contributed by atoms with Crippen molar-refractivity contribution in [2.24, 2.45) is 11.8 Å². The summed E-state index contributed by atoms with van der Waals surface area (Å²) in [5, 5.41) is 18.4. The Hall–Kier alpha value is -0.700. The number of aliphatic carboxylic acids is 1. The van der Waals surface area contributed by atoms with Crippen LogP contribution >= 0.6 is 0 Å². The van der Waals surface area contributed by atoms with Gasteiger partial charge in [-0.15, -0.1) is 0 Å². The number of carboxylic acid groups (broad SMARTS) is 1. The summed E-state index contributed by atoms with van der Waals surface area (Å²) in [6.07, 6.45) is 1.80. The van der Waals surface area contributed by atoms with Crippen molar-refractivity contribution in [3.8, 4) is 0 Å². The van der Waals surface area contributed by atoms with Gasteiger partial charge < -0.3 is 10.2 Å². The molecule has 0 amide bonds. The molecule has 0 aromatic rings. The lowest BCUT2D eigenvalue weighted by Crippen LogP contribution is -2.51. The number of carbonyl (C=O) groups is 1. The molecule has 3 atom stereocenters. The number of hydrogen-bond acceptors (Lipinski definition) is 4. The predicted octanol–water partition coefficient (Wildman–Crippen LogP) is -0.269. The highest BCUT2D eigenvalue weighted by atomic mass is 32.2. The van der Waals surface area contributed by atoms with E-state index in [9.17, 15) is 18.3 Å². The number of piperidine rings is 1. The summed E-state index contributed by atoms with van der Waals surface area (Å²) in [6, 6.07) is -0.398. The second kappa shape index (κ2) is 5.97. The fourth-order valence-electron chi connectivity index (χ4n) is 3.03. The van der Waals surface area contributed by atoms with Crippen LogP contribution in [0.3, 0.4) is 0 Å². The molecule has 0 radical (unpaired) electrons. The van der Waals surface area contributed by atoms with Gasteiger partial charge in [0, 0.05) is 19.6 Å². The van der Waals surface area contributed by atoms with Crippen LogP contribution in [-0.4, -0.2) is 65.5 Å². The van der Waals surface area contributed by atoms with E-state index in [0.29, 0.717) is 25.9 Å². The molecule has 0 aromatic heterocycles. The Morgan fingerprint density at radius 3 is 2.60 bits per heavy atom. The maximum absolute atomic E-state index is 12.6. The zero-order valence-corrected chi connectivity index (χ0v) is 12.4. The minimum absolute atomic E-state index is 0.0285. The Labute approximate surface area is 119 Å². The highest BCUT2D eigenvalue weighted by Gasteiger charge is 2.43. The van der Waals surface area contributed by atoms with E-state index in [2.05, 4.69) is 0 Å². The van der Waals surface area contributed by atoms with Crippen molar-refractivity contribution in [3.63, 3.8) is 0 Å². The third-order valence-electron chi connectivity index (χ3n) is 4.37. The maximum atomic E-state index is 12.6. The van der Waals surface area contributed by atoms with Gasteiger partial charge in [-0.3, -0.25) is 4.79 Å². The molecule has 2 aliphatic heterocycles. The number of aliphatic hydroxyl groups is 1. The van der Waals surface area contributed by atoms with E-state index in [4.69, 9.17) is 5.11 Å². The van der Waals surface area contributed by atoms with Crippen molar-refractivity contribution >= 4 is 16.2 Å². The van der Waals surface area contributed by atoms with Gasteiger partial charge >= 0.3 is 5.97 Å². The molecule has 0 saturated carbocycles. The molecule has 0 aromatic carbocycles. The van der Waals surface area contributed by atoms with E-state index in [-0.39, 0.29) is 19.1 Å². The number of aliphatic hydroxyl groups excluding tert-OH is 1. The first-order valence-electron chi connectivity index (χ1n) is 6.98. The molecule has 8 heteroatoms. The van der Waals surface area contributed by atoms with Crippen LogP contribution in [0.2, 0.25) is 0 Å². The molecule has 2 fully saturated rings. The first-order chi connectivity index (χ1) is 9.37. The van der Waals surface area contributed by atoms with Crippen LogP contribution in [0.1, 0.15) is 26.2 Å². The molecule has 2 aliphatic rings. The lowest BCUT2D eigenvalue weighted by atomic mass is 10.0. The predicted molar refractivity (Wildman–Crippen MR) is 72.2 cm³/mol. The maximum Gasteiger partial charge on any atom is 0.307 e. The minimum Gasteiger partial charge on any atom is -0.481 e. The lowest BCUT2D eigenvalue weighted by molar-refractivity contribution is -0.142. The van der Waals surface area contributed by atoms with Gasteiger partial charge in [-0.05, 0) is 25.2 Å². The van der Waals surface area contributed by atoms with Gasteiger partial charge in [0.15, 0.2) is 0 Å². The van der Waals surface area contributed by atoms with Gasteiger partial charge in [-0.2, -0.15) is 17.0 Å². The van der Waals surface area contributed by atoms with E-state index in [0.717, 1.165) is 6.42 Å². The van der Waals surface area contributed by atoms with Crippen molar-refractivity contribution in [3.05, 3.63) is 0 Å². The van der Waals surface area contributed by atoms with Crippen molar-refractivity contribution in [1.29, 1.82) is 0 Å². The first kappa shape index (κ1) is 15.7. The Balaban J connectivity index is 2.15. The summed E-state index contributed by atoms with van der Waals surface area (Å²) in [7, 11) is -3.68. The summed E-state index contributed by atoms with van der Waals surface area (Å²) in [5.41, 5.74) is 0. The molecule has 2 rings (SSSR count). The zero-order valence-electron chi connectivity index (χ0n) is 11.6. The van der Waals surface area contributed by atoms with Gasteiger partial charge in [0.25, 0.3) is 10.2 Å². The molecule has 0 aliphatic carbocycles. The van der Waals surface area contributed by atoms with Gasteiger partial charge in [0.1, 0.15) is 0 Å². The van der Waals surface area contributed by atoms with Crippen LogP contribution in [-0.2, 0) is 15.0 Å². The van der Waals surface area contributed by atoms with Crippen LogP contribution < -0.4 is 0 Å². The summed E-state index contributed by atoms with van der Waals surface area (Å²) >= 11 is 0. The van der Waals surface area contributed by atoms with Crippen LogP contribution in [0.4, 0.5) is 0 Å². The third-order valence-corrected chi connectivity index (χ3v) is 6.40. The molecule has 2 N–H and O–H groups in total. The SMILES string of the molecule is CC1CCN(S(=O)(=O)N2CCCC(C(=O)O)C2)C1CO. The minimum atomic E-state index is -3.68. The fourth-order valence-corrected chi connectivity index (χ4v) is 5.01. The van der Waals surface area contributed by atoms with Crippen molar-refractivity contribution in [1.82, 2.24) is 8.61 Å². The van der Waals surface area contributed by atoms with E-state index in [1.54, 1.807) is 0 Å². The summed E-state index contributed by atoms with van der Waals surface area (Å²) in [5.74, 6) is -1.46. The van der Waals surface area contributed by atoms with E-state index in [1.165, 1.54) is 8.61 Å². The second-order valence-corrected chi connectivity index (χ2v) is 7.55. The Kier molecular flexibility index (Phi) is 4.68. The van der Waals surface area contributed by atoms with Crippen molar-refractivity contribution < 1.29 is 23.4 Å². The fraction of sp³-hybridized carbons (Fsp3) is 0.917. The molecule has 0 bridgehead atoms. The Morgan fingerprint density at radius 2 is 2.00 bits per heavy atom. The van der Waals surface area contributed by atoms with Gasteiger partial charge in [-0.25, -0.2) is 0 Å². The number of carboxylic acids is 1. The Bertz CT molecular complexity index is 466. The zero-order chi connectivity index (χ0) is 14.9. The molecule has 3 unspecified atom stereocenters. The van der Waals surface area contributed by atoms with Crippen LogP contribution in [0.25, 0.3) is 0 Å². The van der Waals surface area contributed by atoms with Crippen LogP contribution in [0, 0.1) is 11.8 Å². The standard InChI is InChI=1S/C12H22N2O5S/c1-9-4-6-14(11(9)8-15)20(18,19)13-5-2-3-10(7-13)12(16)17/h9-11,15H,2-8H2,1H3,(H,16,17). The smallest absolute Gasteiger partial charge is 0.307 e. The van der Waals surface area contributed by atoms with E-state index in [1.807, 2.05) is 6.92 Å². The van der Waals surface area contributed by atoms with Crippen LogP contribution in [0.5, 0.6) is 0 Å². The van der Waals surface area contributed by atoms with Gasteiger partial charge in [0.05, 0.1) is 18.6 Å². The molecule has 0 spiro atoms. The Morgan fingerprint density at radius 1 is 1.30 bits per heavy atom. The number of rotatable bonds is 4. The molecular weight excluding hydrogens is 284 g/mol. The average Bonchev–Trinajstić information content (AvgIpc) is 2.80. The summed E-state index contributed by atoms with van der Waals surface area (Å²) in [6.45, 7) is 2.50. The highest BCUT2D eigenvalue weighted by molar-refractivity contribution is 7.86. The largest absolute Gasteiger partial charge is 0.481 e. The molecular formula is C12H22N2O5S. The summed E-state index contributed by atoms with van der Waals surface area (Å²) < 4.78 is 27.8. The summed E-state index contributed by atoms with van der Waals surface area (Å²) in [4.78, 5) is 11.0. The molecule has 20 heavy (non-hydrogen) atoms. The normalized spacial score (nSPS) is 33.4. The van der Waals surface area contributed by atoms with E-state index >= 15 is 0 Å². The molecule has 2 heterocycles. The third kappa shape index (κ3) is 2.83. The number of nitrogens with zero attached hydrogens (tertiary/aromatic N) is 2.